The van der Waals surface area contributed by atoms with E-state index in [9.17, 15) is 4.79 Å². The van der Waals surface area contributed by atoms with Crippen LogP contribution in [0.2, 0.25) is 0 Å². The molecule has 0 N–H and O–H groups in total. The van der Waals surface area contributed by atoms with Crippen molar-refractivity contribution in [3.8, 4) is 11.1 Å². The standard InChI is InChI=1S/C27H32N2O2/c1-3-31-27(2,25-13-16-29(17-14-25)15-6-18-30)24-11-9-21(10-12-24)23-19-22-7-4-5-8-26(22)28-20-23/h4-5,7-12,18-20,25H,3,6,13-17H2,1-2H3. The number of aromatic nitrogens is 1. The number of likely N-dealkylation sites (tertiary alicyclic amines) is 1. The average Bonchev–Trinajstić information content (AvgIpc) is 2.83. The second-order valence-electron chi connectivity index (χ2n) is 8.61. The fourth-order valence-corrected chi connectivity index (χ4v) is 4.90. The number of hydrogen-bond acceptors (Lipinski definition) is 4. The number of benzene rings is 2. The number of rotatable bonds is 8. The summed E-state index contributed by atoms with van der Waals surface area (Å²) in [6.07, 6.45) is 5.77. The van der Waals surface area contributed by atoms with Gasteiger partial charge in [0, 0.05) is 36.7 Å². The van der Waals surface area contributed by atoms with Crippen LogP contribution in [-0.4, -0.2) is 42.4 Å². The number of aldehydes is 1. The van der Waals surface area contributed by atoms with Gasteiger partial charge in [-0.3, -0.25) is 4.98 Å². The normalized spacial score (nSPS) is 17.5. The quantitative estimate of drug-likeness (QED) is 0.458. The van der Waals surface area contributed by atoms with Crippen LogP contribution >= 0.6 is 0 Å². The highest BCUT2D eigenvalue weighted by molar-refractivity contribution is 5.83. The van der Waals surface area contributed by atoms with Gasteiger partial charge in [-0.15, -0.1) is 0 Å². The van der Waals surface area contributed by atoms with Crippen molar-refractivity contribution in [3.63, 3.8) is 0 Å². The largest absolute Gasteiger partial charge is 0.371 e. The van der Waals surface area contributed by atoms with Crippen LogP contribution in [0.4, 0.5) is 0 Å². The number of piperidine rings is 1. The van der Waals surface area contributed by atoms with E-state index in [0.717, 1.165) is 55.2 Å². The maximum absolute atomic E-state index is 10.7. The van der Waals surface area contributed by atoms with E-state index in [1.807, 2.05) is 18.3 Å². The minimum absolute atomic E-state index is 0.300. The molecule has 1 aliphatic rings. The Morgan fingerprint density at radius 3 is 2.55 bits per heavy atom. The SMILES string of the molecule is CCOC(C)(c1ccc(-c2cnc3ccccc3c2)cc1)C1CCN(CCC=O)CC1. The van der Waals surface area contributed by atoms with Crippen LogP contribution in [0.25, 0.3) is 22.0 Å². The van der Waals surface area contributed by atoms with Gasteiger partial charge in [0.2, 0.25) is 0 Å². The molecule has 0 aliphatic carbocycles. The van der Waals surface area contributed by atoms with Gasteiger partial charge >= 0.3 is 0 Å². The number of pyridine rings is 1. The van der Waals surface area contributed by atoms with Crippen LogP contribution in [0.1, 0.15) is 38.7 Å². The lowest BCUT2D eigenvalue weighted by atomic mass is 9.76. The first-order valence-electron chi connectivity index (χ1n) is 11.4. The van der Waals surface area contributed by atoms with Crippen molar-refractivity contribution in [2.75, 3.05) is 26.2 Å². The third-order valence-corrected chi connectivity index (χ3v) is 6.76. The van der Waals surface area contributed by atoms with Gasteiger partial charge in [-0.2, -0.15) is 0 Å². The fraction of sp³-hybridized carbons (Fsp3) is 0.407. The second kappa shape index (κ2) is 9.71. The van der Waals surface area contributed by atoms with Crippen molar-refractivity contribution in [1.29, 1.82) is 0 Å². The van der Waals surface area contributed by atoms with Crippen molar-refractivity contribution >= 4 is 17.2 Å². The lowest BCUT2D eigenvalue weighted by molar-refractivity contribution is -0.108. The Morgan fingerprint density at radius 1 is 1.10 bits per heavy atom. The maximum Gasteiger partial charge on any atom is 0.121 e. The zero-order chi connectivity index (χ0) is 21.7. The molecule has 0 amide bonds. The van der Waals surface area contributed by atoms with Crippen LogP contribution < -0.4 is 0 Å². The molecule has 1 aromatic heterocycles. The van der Waals surface area contributed by atoms with Gasteiger partial charge in [-0.1, -0.05) is 42.5 Å². The molecule has 31 heavy (non-hydrogen) atoms. The number of carbonyl (C=O) groups excluding carboxylic acids is 1. The predicted molar refractivity (Wildman–Crippen MR) is 126 cm³/mol. The van der Waals surface area contributed by atoms with Gasteiger partial charge in [0.25, 0.3) is 0 Å². The topological polar surface area (TPSA) is 42.4 Å². The molecule has 2 aromatic carbocycles. The highest BCUT2D eigenvalue weighted by atomic mass is 16.5. The maximum atomic E-state index is 10.7. The molecule has 1 saturated heterocycles. The van der Waals surface area contributed by atoms with Gasteiger partial charge in [-0.05, 0) is 69.0 Å². The fourth-order valence-electron chi connectivity index (χ4n) is 4.90. The van der Waals surface area contributed by atoms with Crippen LogP contribution in [0, 0.1) is 5.92 Å². The molecule has 3 aromatic rings. The van der Waals surface area contributed by atoms with Crippen molar-refractivity contribution < 1.29 is 9.53 Å². The average molecular weight is 417 g/mol. The van der Waals surface area contributed by atoms with E-state index in [2.05, 4.69) is 66.2 Å². The van der Waals surface area contributed by atoms with E-state index in [1.165, 1.54) is 11.1 Å². The second-order valence-corrected chi connectivity index (χ2v) is 8.61. The number of carbonyl (C=O) groups is 1. The molecule has 1 aliphatic heterocycles. The number of nitrogens with zero attached hydrogens (tertiary/aromatic N) is 2. The summed E-state index contributed by atoms with van der Waals surface area (Å²) < 4.78 is 6.39. The Labute approximate surface area is 185 Å². The van der Waals surface area contributed by atoms with E-state index in [4.69, 9.17) is 4.74 Å². The van der Waals surface area contributed by atoms with Gasteiger partial charge in [-0.25, -0.2) is 0 Å². The molecule has 1 unspecified atom stereocenters. The molecule has 4 nitrogen and oxygen atoms in total. The molecule has 2 heterocycles. The summed E-state index contributed by atoms with van der Waals surface area (Å²) in [5.74, 6) is 0.466. The molecule has 0 saturated carbocycles. The first kappa shape index (κ1) is 21.7. The molecular weight excluding hydrogens is 384 g/mol. The summed E-state index contributed by atoms with van der Waals surface area (Å²) in [7, 11) is 0. The smallest absolute Gasteiger partial charge is 0.121 e. The minimum Gasteiger partial charge on any atom is -0.371 e. The molecule has 0 bridgehead atoms. The molecule has 4 rings (SSSR count). The Bertz CT molecular complexity index is 1010. The molecular formula is C27H32N2O2. The number of fused-ring (bicyclic) bond motifs is 1. The molecule has 4 heteroatoms. The summed E-state index contributed by atoms with van der Waals surface area (Å²) in [6.45, 7) is 7.94. The lowest BCUT2D eigenvalue weighted by Crippen LogP contribution is -2.43. The van der Waals surface area contributed by atoms with Gasteiger partial charge < -0.3 is 14.4 Å². The summed E-state index contributed by atoms with van der Waals surface area (Å²) in [4.78, 5) is 17.7. The van der Waals surface area contributed by atoms with E-state index in [0.29, 0.717) is 18.9 Å². The summed E-state index contributed by atoms with van der Waals surface area (Å²) >= 11 is 0. The van der Waals surface area contributed by atoms with Crippen molar-refractivity contribution in [3.05, 3.63) is 66.4 Å². The highest BCUT2D eigenvalue weighted by Gasteiger charge is 2.38. The number of hydrogen-bond donors (Lipinski definition) is 0. The van der Waals surface area contributed by atoms with Crippen LogP contribution in [-0.2, 0) is 15.1 Å². The van der Waals surface area contributed by atoms with Gasteiger partial charge in [0.05, 0.1) is 11.1 Å². The zero-order valence-electron chi connectivity index (χ0n) is 18.6. The first-order valence-corrected chi connectivity index (χ1v) is 11.4. The molecule has 0 radical (unpaired) electrons. The zero-order valence-corrected chi connectivity index (χ0v) is 18.6. The molecule has 162 valence electrons. The van der Waals surface area contributed by atoms with Crippen molar-refractivity contribution in [2.45, 2.75) is 38.7 Å². The molecule has 1 atom stereocenters. The third-order valence-electron chi connectivity index (χ3n) is 6.76. The Balaban J connectivity index is 1.54. The van der Waals surface area contributed by atoms with Crippen molar-refractivity contribution in [2.24, 2.45) is 5.92 Å². The predicted octanol–water partition coefficient (Wildman–Crippen LogP) is 5.45. The number of ether oxygens (including phenoxy) is 1. The number of para-hydroxylation sites is 1. The highest BCUT2D eigenvalue weighted by Crippen LogP contribution is 2.40. The van der Waals surface area contributed by atoms with Gasteiger partial charge in [0.1, 0.15) is 6.29 Å². The third kappa shape index (κ3) is 4.70. The molecule has 0 spiro atoms. The van der Waals surface area contributed by atoms with Crippen LogP contribution in [0.3, 0.4) is 0 Å². The van der Waals surface area contributed by atoms with Crippen LogP contribution in [0.15, 0.2) is 60.8 Å². The molecule has 1 fully saturated rings. The first-order chi connectivity index (χ1) is 15.1. The van der Waals surface area contributed by atoms with E-state index < -0.39 is 0 Å². The Hall–Kier alpha value is -2.56. The van der Waals surface area contributed by atoms with Crippen molar-refractivity contribution in [1.82, 2.24) is 9.88 Å². The van der Waals surface area contributed by atoms with E-state index in [-0.39, 0.29) is 5.60 Å². The monoisotopic (exact) mass is 416 g/mol. The summed E-state index contributed by atoms with van der Waals surface area (Å²) in [5, 5.41) is 1.16. The Kier molecular flexibility index (Phi) is 6.79. The summed E-state index contributed by atoms with van der Waals surface area (Å²) in [5.41, 5.74) is 4.26. The van der Waals surface area contributed by atoms with Crippen LogP contribution in [0.5, 0.6) is 0 Å². The summed E-state index contributed by atoms with van der Waals surface area (Å²) in [6, 6.07) is 19.2. The minimum atomic E-state index is -0.300. The van der Waals surface area contributed by atoms with E-state index in [1.54, 1.807) is 0 Å². The van der Waals surface area contributed by atoms with Gasteiger partial charge in [0.15, 0.2) is 0 Å². The van der Waals surface area contributed by atoms with E-state index >= 15 is 0 Å². The Morgan fingerprint density at radius 2 is 1.84 bits per heavy atom. The lowest BCUT2D eigenvalue weighted by Gasteiger charge is -2.43.